The fourth-order valence-electron chi connectivity index (χ4n) is 4.17. The van der Waals surface area contributed by atoms with Crippen LogP contribution in [0.3, 0.4) is 0 Å². The molecule has 0 radical (unpaired) electrons. The van der Waals surface area contributed by atoms with Crippen LogP contribution in [-0.4, -0.2) is 39.5 Å². The van der Waals surface area contributed by atoms with Crippen LogP contribution in [0.5, 0.6) is 0 Å². The Bertz CT molecular complexity index is 816. The van der Waals surface area contributed by atoms with Gasteiger partial charge >= 0.3 is 5.69 Å². The number of aromatic nitrogens is 2. The lowest BCUT2D eigenvalue weighted by Crippen LogP contribution is -2.45. The number of likely N-dealkylation sites (tertiary alicyclic amines) is 1. The summed E-state index contributed by atoms with van der Waals surface area (Å²) in [6, 6.07) is 5.90. The first kappa shape index (κ1) is 15.4. The summed E-state index contributed by atoms with van der Waals surface area (Å²) in [6.45, 7) is 1.36. The van der Waals surface area contributed by atoms with E-state index in [1.807, 2.05) is 27.7 Å². The number of hydrogen-bond donors (Lipinski definition) is 2. The average molecular weight is 328 g/mol. The van der Waals surface area contributed by atoms with Crippen molar-refractivity contribution in [1.29, 1.82) is 0 Å². The summed E-state index contributed by atoms with van der Waals surface area (Å²) >= 11 is 0. The maximum absolute atomic E-state index is 12.7. The van der Waals surface area contributed by atoms with Crippen molar-refractivity contribution in [3.63, 3.8) is 0 Å². The molecule has 0 bridgehead atoms. The van der Waals surface area contributed by atoms with E-state index in [1.54, 1.807) is 0 Å². The third-order valence-corrected chi connectivity index (χ3v) is 5.40. The molecule has 4 rings (SSSR count). The first-order valence-corrected chi connectivity index (χ1v) is 8.92. The molecule has 3 N–H and O–H groups in total. The fraction of sp³-hybridized carbons (Fsp3) is 0.556. The van der Waals surface area contributed by atoms with Crippen molar-refractivity contribution >= 4 is 16.9 Å². The standard InChI is InChI=1S/C18H24N4O2/c19-13-4-3-9-21(11-13)17(23)12-7-8-16-15(10-12)20-18(24)22(16)14-5-1-2-6-14/h7-8,10,13-14H,1-6,9,11,19H2,(H,20,24). The maximum atomic E-state index is 12.7. The molecule has 6 heteroatoms. The predicted octanol–water partition coefficient (Wildman–Crippen LogP) is 2.01. The van der Waals surface area contributed by atoms with Gasteiger partial charge in [-0.3, -0.25) is 9.36 Å². The van der Waals surface area contributed by atoms with Gasteiger partial charge in [-0.2, -0.15) is 0 Å². The second-order valence-electron chi connectivity index (χ2n) is 7.12. The highest BCUT2D eigenvalue weighted by molar-refractivity contribution is 5.97. The molecule has 2 aliphatic rings. The molecule has 2 aromatic rings. The van der Waals surface area contributed by atoms with Crippen LogP contribution in [0, 0.1) is 0 Å². The molecular weight excluding hydrogens is 304 g/mol. The average Bonchev–Trinajstić information content (AvgIpc) is 3.19. The van der Waals surface area contributed by atoms with E-state index in [0.29, 0.717) is 12.1 Å². The largest absolute Gasteiger partial charge is 0.337 e. The molecule has 1 amide bonds. The highest BCUT2D eigenvalue weighted by Gasteiger charge is 2.24. The summed E-state index contributed by atoms with van der Waals surface area (Å²) in [6.07, 6.45) is 6.38. The Morgan fingerprint density at radius 2 is 1.96 bits per heavy atom. The maximum Gasteiger partial charge on any atom is 0.326 e. The van der Waals surface area contributed by atoms with Crippen LogP contribution in [0.2, 0.25) is 0 Å². The van der Waals surface area contributed by atoms with Crippen LogP contribution >= 0.6 is 0 Å². The first-order valence-electron chi connectivity index (χ1n) is 8.92. The Morgan fingerprint density at radius 1 is 1.17 bits per heavy atom. The number of benzene rings is 1. The number of rotatable bonds is 2. The monoisotopic (exact) mass is 328 g/mol. The molecule has 1 saturated heterocycles. The smallest absolute Gasteiger partial charge is 0.326 e. The van der Waals surface area contributed by atoms with Crippen molar-refractivity contribution < 1.29 is 4.79 Å². The second-order valence-corrected chi connectivity index (χ2v) is 7.12. The molecule has 128 valence electrons. The van der Waals surface area contributed by atoms with E-state index >= 15 is 0 Å². The Labute approximate surface area is 140 Å². The van der Waals surface area contributed by atoms with Gasteiger partial charge < -0.3 is 15.6 Å². The lowest BCUT2D eigenvalue weighted by molar-refractivity contribution is 0.0709. The molecule has 2 heterocycles. The van der Waals surface area contributed by atoms with E-state index in [-0.39, 0.29) is 23.7 Å². The fourth-order valence-corrected chi connectivity index (χ4v) is 4.17. The number of hydrogen-bond acceptors (Lipinski definition) is 3. The Kier molecular flexibility index (Phi) is 3.92. The van der Waals surface area contributed by atoms with Crippen LogP contribution < -0.4 is 11.4 Å². The number of nitrogens with zero attached hydrogens (tertiary/aromatic N) is 2. The van der Waals surface area contributed by atoms with E-state index in [4.69, 9.17) is 5.73 Å². The van der Waals surface area contributed by atoms with Crippen molar-refractivity contribution in [1.82, 2.24) is 14.5 Å². The number of nitrogens with one attached hydrogen (secondary N) is 1. The minimum absolute atomic E-state index is 0.00140. The number of carbonyl (C=O) groups excluding carboxylic acids is 1. The number of H-pyrrole nitrogens is 1. The molecule has 1 aromatic carbocycles. The van der Waals surface area contributed by atoms with Gasteiger partial charge in [0.1, 0.15) is 0 Å². The van der Waals surface area contributed by atoms with Gasteiger partial charge in [-0.05, 0) is 43.9 Å². The van der Waals surface area contributed by atoms with Crippen molar-refractivity contribution in [3.8, 4) is 0 Å². The van der Waals surface area contributed by atoms with Crippen LogP contribution in [0.25, 0.3) is 11.0 Å². The van der Waals surface area contributed by atoms with E-state index < -0.39 is 0 Å². The SMILES string of the molecule is NC1CCCN(C(=O)c2ccc3c(c2)[nH]c(=O)n3C2CCCC2)C1. The van der Waals surface area contributed by atoms with Gasteiger partial charge in [0.15, 0.2) is 0 Å². The van der Waals surface area contributed by atoms with Gasteiger partial charge in [-0.1, -0.05) is 12.8 Å². The summed E-state index contributed by atoms with van der Waals surface area (Å²) in [5, 5.41) is 0. The van der Waals surface area contributed by atoms with E-state index in [9.17, 15) is 9.59 Å². The number of piperidine rings is 1. The number of fused-ring (bicyclic) bond motifs is 1. The summed E-state index contributed by atoms with van der Waals surface area (Å²) in [5.41, 5.74) is 8.18. The number of aromatic amines is 1. The minimum atomic E-state index is -0.0681. The van der Waals surface area contributed by atoms with Gasteiger partial charge in [-0.25, -0.2) is 4.79 Å². The second kappa shape index (κ2) is 6.09. The summed E-state index contributed by atoms with van der Waals surface area (Å²) in [7, 11) is 0. The van der Waals surface area contributed by atoms with E-state index in [1.165, 1.54) is 12.8 Å². The molecule has 24 heavy (non-hydrogen) atoms. The van der Waals surface area contributed by atoms with Gasteiger partial charge in [0.25, 0.3) is 5.91 Å². The van der Waals surface area contributed by atoms with Crippen molar-refractivity contribution in [2.24, 2.45) is 5.73 Å². The third-order valence-electron chi connectivity index (χ3n) is 5.40. The summed E-state index contributed by atoms with van der Waals surface area (Å²) in [4.78, 5) is 29.8. The molecule has 1 saturated carbocycles. The molecular formula is C18H24N4O2. The number of imidazole rings is 1. The number of carbonyl (C=O) groups is 1. The van der Waals surface area contributed by atoms with Gasteiger partial charge in [-0.15, -0.1) is 0 Å². The molecule has 1 atom stereocenters. The number of nitrogens with two attached hydrogens (primary N) is 1. The zero-order valence-corrected chi connectivity index (χ0v) is 13.8. The normalized spacial score (nSPS) is 22.4. The van der Waals surface area contributed by atoms with Gasteiger partial charge in [0.2, 0.25) is 0 Å². The topological polar surface area (TPSA) is 84.1 Å². The molecule has 1 aliphatic carbocycles. The number of amides is 1. The van der Waals surface area contributed by atoms with Crippen molar-refractivity contribution in [2.45, 2.75) is 50.6 Å². The third kappa shape index (κ3) is 2.65. The zero-order chi connectivity index (χ0) is 16.7. The van der Waals surface area contributed by atoms with E-state index in [2.05, 4.69) is 4.98 Å². The summed E-state index contributed by atoms with van der Waals surface area (Å²) in [5.74, 6) is 0.00140. The molecule has 0 spiro atoms. The van der Waals surface area contributed by atoms with Crippen LogP contribution in [-0.2, 0) is 0 Å². The zero-order valence-electron chi connectivity index (χ0n) is 13.8. The Morgan fingerprint density at radius 3 is 2.71 bits per heavy atom. The van der Waals surface area contributed by atoms with Crippen molar-refractivity contribution in [2.75, 3.05) is 13.1 Å². The summed E-state index contributed by atoms with van der Waals surface area (Å²) < 4.78 is 1.87. The lowest BCUT2D eigenvalue weighted by Gasteiger charge is -2.30. The van der Waals surface area contributed by atoms with Crippen LogP contribution in [0.15, 0.2) is 23.0 Å². The van der Waals surface area contributed by atoms with E-state index in [0.717, 1.165) is 43.3 Å². The molecule has 6 nitrogen and oxygen atoms in total. The molecule has 1 aliphatic heterocycles. The molecule has 1 unspecified atom stereocenters. The Hall–Kier alpha value is -2.08. The highest BCUT2D eigenvalue weighted by Crippen LogP contribution is 2.30. The van der Waals surface area contributed by atoms with Crippen LogP contribution in [0.4, 0.5) is 0 Å². The van der Waals surface area contributed by atoms with Crippen LogP contribution in [0.1, 0.15) is 54.9 Å². The van der Waals surface area contributed by atoms with Crippen molar-refractivity contribution in [3.05, 3.63) is 34.2 Å². The van der Waals surface area contributed by atoms with Gasteiger partial charge in [0, 0.05) is 30.7 Å². The first-order chi connectivity index (χ1) is 11.6. The lowest BCUT2D eigenvalue weighted by atomic mass is 10.1. The van der Waals surface area contributed by atoms with Gasteiger partial charge in [0.05, 0.1) is 11.0 Å². The molecule has 1 aromatic heterocycles. The quantitative estimate of drug-likeness (QED) is 0.884. The molecule has 2 fully saturated rings. The Balaban J connectivity index is 1.66. The highest BCUT2D eigenvalue weighted by atomic mass is 16.2. The minimum Gasteiger partial charge on any atom is -0.337 e. The predicted molar refractivity (Wildman–Crippen MR) is 93.2 cm³/mol.